The molecule has 1 aromatic rings. The second-order valence-corrected chi connectivity index (χ2v) is 4.24. The van der Waals surface area contributed by atoms with E-state index in [1.165, 1.54) is 12.0 Å². The van der Waals surface area contributed by atoms with Crippen molar-refractivity contribution in [2.45, 2.75) is 25.7 Å². The van der Waals surface area contributed by atoms with Crippen molar-refractivity contribution in [1.29, 1.82) is 0 Å². The quantitative estimate of drug-likeness (QED) is 0.778. The molecule has 0 unspecified atom stereocenters. The van der Waals surface area contributed by atoms with Gasteiger partial charge in [0.2, 0.25) is 0 Å². The van der Waals surface area contributed by atoms with Gasteiger partial charge in [0.25, 0.3) is 0 Å². The van der Waals surface area contributed by atoms with Gasteiger partial charge in [-0.25, -0.2) is 0 Å². The lowest BCUT2D eigenvalue weighted by molar-refractivity contribution is -0.0337. The third-order valence-corrected chi connectivity index (χ3v) is 3.05. The normalized spacial score (nSPS) is 21.2. The number of hydrogen-bond donors (Lipinski definition) is 0. The number of rotatable bonds is 4. The van der Waals surface area contributed by atoms with Gasteiger partial charge in [0.05, 0.1) is 13.7 Å². The summed E-state index contributed by atoms with van der Waals surface area (Å²) in [6, 6.07) is 8.04. The van der Waals surface area contributed by atoms with Gasteiger partial charge in [-0.05, 0) is 37.6 Å². The highest BCUT2D eigenvalue weighted by Crippen LogP contribution is 2.18. The van der Waals surface area contributed by atoms with Crippen LogP contribution < -0.4 is 4.74 Å². The fraction of sp³-hybridized carbons (Fsp3) is 0.538. The highest BCUT2D eigenvalue weighted by molar-refractivity contribution is 5.26. The summed E-state index contributed by atoms with van der Waals surface area (Å²) in [5, 5.41) is 0. The molecule has 16 heavy (non-hydrogen) atoms. The van der Waals surface area contributed by atoms with Gasteiger partial charge in [0, 0.05) is 6.54 Å². The van der Waals surface area contributed by atoms with Crippen LogP contribution >= 0.6 is 0 Å². The highest BCUT2D eigenvalue weighted by atomic mass is 16.5. The first-order chi connectivity index (χ1) is 7.79. The van der Waals surface area contributed by atoms with Crippen LogP contribution in [0.15, 0.2) is 24.3 Å². The van der Waals surface area contributed by atoms with E-state index in [-0.39, 0.29) is 0 Å². The van der Waals surface area contributed by atoms with Gasteiger partial charge in [-0.15, -0.1) is 0 Å². The van der Waals surface area contributed by atoms with E-state index in [4.69, 9.17) is 9.47 Å². The van der Waals surface area contributed by atoms with E-state index in [0.29, 0.717) is 12.8 Å². The molecule has 0 N–H and O–H groups in total. The molecule has 0 amide bonds. The van der Waals surface area contributed by atoms with Gasteiger partial charge >= 0.3 is 0 Å². The van der Waals surface area contributed by atoms with Crippen LogP contribution in [0.1, 0.15) is 18.4 Å². The van der Waals surface area contributed by atoms with E-state index in [2.05, 4.69) is 11.9 Å². The van der Waals surface area contributed by atoms with Crippen molar-refractivity contribution in [3.8, 4) is 5.75 Å². The van der Waals surface area contributed by atoms with Crippen molar-refractivity contribution in [1.82, 2.24) is 4.90 Å². The minimum atomic E-state index is 0.294. The summed E-state index contributed by atoms with van der Waals surface area (Å²) in [5.41, 5.74) is 1.20. The average Bonchev–Trinajstić information content (AvgIpc) is 2.73. The molecule has 0 radical (unpaired) electrons. The molecule has 1 fully saturated rings. The Bertz CT molecular complexity index is 323. The molecule has 1 atom stereocenters. The summed E-state index contributed by atoms with van der Waals surface area (Å²) < 4.78 is 11.0. The van der Waals surface area contributed by atoms with Crippen molar-refractivity contribution in [2.24, 2.45) is 0 Å². The van der Waals surface area contributed by atoms with Crippen molar-refractivity contribution in [2.75, 3.05) is 20.7 Å². The molecule has 0 saturated carbocycles. The number of methoxy groups -OCH3 is 1. The molecule has 1 heterocycles. The predicted octanol–water partition coefficient (Wildman–Crippen LogP) is 2.26. The number of likely N-dealkylation sites (tertiary alicyclic amines) is 1. The summed E-state index contributed by atoms with van der Waals surface area (Å²) in [6.07, 6.45) is 2.68. The van der Waals surface area contributed by atoms with E-state index in [1.807, 2.05) is 24.3 Å². The van der Waals surface area contributed by atoms with Crippen LogP contribution in [0.25, 0.3) is 0 Å². The second-order valence-electron chi connectivity index (χ2n) is 4.24. The molecule has 3 heteroatoms. The molecule has 1 aliphatic heterocycles. The maximum Gasteiger partial charge on any atom is 0.118 e. The Labute approximate surface area is 97.0 Å². The maximum absolute atomic E-state index is 5.86. The van der Waals surface area contributed by atoms with E-state index >= 15 is 0 Å². The summed E-state index contributed by atoms with van der Waals surface area (Å²) in [4.78, 5) is 2.27. The number of hydrogen-bond acceptors (Lipinski definition) is 3. The Balaban J connectivity index is 1.84. The molecule has 1 aromatic carbocycles. The molecule has 1 aliphatic rings. The molecule has 0 spiro atoms. The Morgan fingerprint density at radius 3 is 2.62 bits per heavy atom. The van der Waals surface area contributed by atoms with Gasteiger partial charge in [0.15, 0.2) is 0 Å². The Hall–Kier alpha value is -1.06. The molecule has 1 saturated heterocycles. The third-order valence-electron chi connectivity index (χ3n) is 3.05. The SMILES string of the molecule is COc1ccc(CO[C@H]2CCCN2C)cc1. The van der Waals surface area contributed by atoms with Crippen LogP contribution in [0, 0.1) is 0 Å². The van der Waals surface area contributed by atoms with Gasteiger partial charge in [-0.1, -0.05) is 12.1 Å². The van der Waals surface area contributed by atoms with E-state index < -0.39 is 0 Å². The van der Waals surface area contributed by atoms with Crippen LogP contribution in [-0.4, -0.2) is 31.8 Å². The molecule has 3 nitrogen and oxygen atoms in total. The number of nitrogens with zero attached hydrogens (tertiary/aromatic N) is 1. The first-order valence-corrected chi connectivity index (χ1v) is 5.74. The summed E-state index contributed by atoms with van der Waals surface area (Å²) in [7, 11) is 3.80. The largest absolute Gasteiger partial charge is 0.497 e. The molecular formula is C13H19NO2. The van der Waals surface area contributed by atoms with Gasteiger partial charge in [-0.2, -0.15) is 0 Å². The summed E-state index contributed by atoms with van der Waals surface area (Å²) >= 11 is 0. The minimum absolute atomic E-state index is 0.294. The standard InChI is InChI=1S/C13H19NO2/c1-14-9-3-4-13(14)16-10-11-5-7-12(15-2)8-6-11/h5-8,13H,3-4,9-10H2,1-2H3/t13-/m0/s1. The second kappa shape index (κ2) is 5.32. The van der Waals surface area contributed by atoms with Crippen LogP contribution in [-0.2, 0) is 11.3 Å². The zero-order valence-corrected chi connectivity index (χ0v) is 9.98. The molecule has 88 valence electrons. The van der Waals surface area contributed by atoms with Crippen molar-refractivity contribution in [3.05, 3.63) is 29.8 Å². The highest BCUT2D eigenvalue weighted by Gasteiger charge is 2.20. The maximum atomic E-state index is 5.86. The topological polar surface area (TPSA) is 21.7 Å². The first kappa shape index (κ1) is 11.4. The number of ether oxygens (including phenoxy) is 2. The summed E-state index contributed by atoms with van der Waals surface area (Å²) in [6.45, 7) is 1.83. The average molecular weight is 221 g/mol. The fourth-order valence-electron chi connectivity index (χ4n) is 2.00. The van der Waals surface area contributed by atoms with E-state index in [1.54, 1.807) is 7.11 Å². The van der Waals surface area contributed by atoms with Gasteiger partial charge < -0.3 is 9.47 Å². The zero-order chi connectivity index (χ0) is 11.4. The Morgan fingerprint density at radius 1 is 1.31 bits per heavy atom. The lowest BCUT2D eigenvalue weighted by atomic mass is 10.2. The van der Waals surface area contributed by atoms with Gasteiger partial charge in [-0.3, -0.25) is 4.90 Å². The molecule has 0 aliphatic carbocycles. The van der Waals surface area contributed by atoms with E-state index in [9.17, 15) is 0 Å². The molecular weight excluding hydrogens is 202 g/mol. The van der Waals surface area contributed by atoms with E-state index in [0.717, 1.165) is 18.7 Å². The van der Waals surface area contributed by atoms with Crippen LogP contribution in [0.5, 0.6) is 5.75 Å². The van der Waals surface area contributed by atoms with Crippen LogP contribution in [0.3, 0.4) is 0 Å². The lowest BCUT2D eigenvalue weighted by Gasteiger charge is -2.19. The first-order valence-electron chi connectivity index (χ1n) is 5.74. The summed E-state index contributed by atoms with van der Waals surface area (Å²) in [5.74, 6) is 0.890. The lowest BCUT2D eigenvalue weighted by Crippen LogP contribution is -2.27. The molecule has 0 bridgehead atoms. The monoisotopic (exact) mass is 221 g/mol. The van der Waals surface area contributed by atoms with Crippen LogP contribution in [0.4, 0.5) is 0 Å². The van der Waals surface area contributed by atoms with Gasteiger partial charge in [0.1, 0.15) is 12.0 Å². The Kier molecular flexibility index (Phi) is 3.80. The minimum Gasteiger partial charge on any atom is -0.497 e. The van der Waals surface area contributed by atoms with Crippen molar-refractivity contribution in [3.63, 3.8) is 0 Å². The Morgan fingerprint density at radius 2 is 2.06 bits per heavy atom. The third kappa shape index (κ3) is 2.74. The number of benzene rings is 1. The van der Waals surface area contributed by atoms with Crippen LogP contribution in [0.2, 0.25) is 0 Å². The van der Waals surface area contributed by atoms with Crippen molar-refractivity contribution >= 4 is 0 Å². The fourth-order valence-corrected chi connectivity index (χ4v) is 2.00. The van der Waals surface area contributed by atoms with Crippen molar-refractivity contribution < 1.29 is 9.47 Å². The molecule has 0 aromatic heterocycles. The zero-order valence-electron chi connectivity index (χ0n) is 9.98. The smallest absolute Gasteiger partial charge is 0.118 e. The molecule has 2 rings (SSSR count). The predicted molar refractivity (Wildman–Crippen MR) is 63.4 cm³/mol.